The van der Waals surface area contributed by atoms with E-state index in [2.05, 4.69) is 30.1 Å². The molecule has 4 rings (SSSR count). The summed E-state index contributed by atoms with van der Waals surface area (Å²) in [5.74, 6) is -0.535. The van der Waals surface area contributed by atoms with Crippen LogP contribution >= 0.6 is 11.3 Å². The predicted octanol–water partition coefficient (Wildman–Crippen LogP) is 1.19. The minimum absolute atomic E-state index is 0.0583. The molecule has 0 aliphatic rings. The van der Waals surface area contributed by atoms with E-state index in [0.717, 1.165) is 16.9 Å². The van der Waals surface area contributed by atoms with Crippen molar-refractivity contribution in [2.24, 2.45) is 0 Å². The molecule has 0 atom stereocenters. The maximum Gasteiger partial charge on any atom is 0.348 e. The number of fused-ring (bicyclic) bond motifs is 1. The molecule has 0 bridgehead atoms. The van der Waals surface area contributed by atoms with Gasteiger partial charge in [-0.15, -0.1) is 21.5 Å². The predicted molar refractivity (Wildman–Crippen MR) is 110 cm³/mol. The van der Waals surface area contributed by atoms with E-state index in [-0.39, 0.29) is 34.6 Å². The molecule has 158 valence electrons. The number of nitrogens with zero attached hydrogens (tertiary/aromatic N) is 5. The van der Waals surface area contributed by atoms with Crippen LogP contribution in [0.3, 0.4) is 0 Å². The van der Waals surface area contributed by atoms with Crippen LogP contribution in [0.25, 0.3) is 21.6 Å². The lowest BCUT2D eigenvalue weighted by molar-refractivity contribution is -0.139. The molecule has 0 saturated carbocycles. The average molecular weight is 440 g/mol. The molecule has 0 unspecified atom stereocenters. The number of rotatable bonds is 6. The Morgan fingerprint density at radius 2 is 1.94 bits per heavy atom. The van der Waals surface area contributed by atoms with Crippen LogP contribution in [0, 0.1) is 0 Å². The minimum Gasteiger partial charge on any atom is -0.469 e. The molecule has 1 aromatic carbocycles. The summed E-state index contributed by atoms with van der Waals surface area (Å²) in [4.78, 5) is 45.5. The molecule has 0 saturated heterocycles. The molecule has 11 nitrogen and oxygen atoms in total. The van der Waals surface area contributed by atoms with Gasteiger partial charge in [0.2, 0.25) is 5.82 Å². The smallest absolute Gasteiger partial charge is 0.348 e. The zero-order chi connectivity index (χ0) is 22.0. The van der Waals surface area contributed by atoms with Crippen molar-refractivity contribution in [3.63, 3.8) is 0 Å². The minimum atomic E-state index is -0.659. The van der Waals surface area contributed by atoms with E-state index in [4.69, 9.17) is 4.74 Å². The molecule has 0 aliphatic heterocycles. The summed E-state index contributed by atoms with van der Waals surface area (Å²) in [6, 6.07) is 9.33. The zero-order valence-corrected chi connectivity index (χ0v) is 17.3. The Morgan fingerprint density at radius 3 is 2.65 bits per heavy atom. The van der Waals surface area contributed by atoms with Gasteiger partial charge in [-0.3, -0.25) is 9.59 Å². The van der Waals surface area contributed by atoms with Gasteiger partial charge in [0.1, 0.15) is 22.1 Å². The SMILES string of the molecule is COC(=O)Cc1c(C(=O)OC)sc2nc(Cn3nnc(-c4ccccc4)n3)[nH]c(=O)c12. The number of thiophene rings is 1. The Hall–Kier alpha value is -3.93. The molecule has 4 aromatic rings. The van der Waals surface area contributed by atoms with E-state index in [0.29, 0.717) is 10.7 Å². The highest BCUT2D eigenvalue weighted by atomic mass is 32.1. The van der Waals surface area contributed by atoms with Gasteiger partial charge in [0.15, 0.2) is 0 Å². The first-order chi connectivity index (χ1) is 15.0. The van der Waals surface area contributed by atoms with Crippen LogP contribution in [0.4, 0.5) is 0 Å². The summed E-state index contributed by atoms with van der Waals surface area (Å²) in [6.07, 6.45) is -0.254. The van der Waals surface area contributed by atoms with Crippen molar-refractivity contribution in [1.29, 1.82) is 0 Å². The van der Waals surface area contributed by atoms with E-state index in [9.17, 15) is 14.4 Å². The molecule has 0 radical (unpaired) electrons. The van der Waals surface area contributed by atoms with Gasteiger partial charge in [0, 0.05) is 11.1 Å². The largest absolute Gasteiger partial charge is 0.469 e. The molecule has 0 fully saturated rings. The third-order valence-corrected chi connectivity index (χ3v) is 5.51. The van der Waals surface area contributed by atoms with Gasteiger partial charge in [-0.2, -0.15) is 4.80 Å². The average Bonchev–Trinajstić information content (AvgIpc) is 3.39. The highest BCUT2D eigenvalue weighted by Crippen LogP contribution is 2.29. The quantitative estimate of drug-likeness (QED) is 0.437. The second-order valence-electron chi connectivity index (χ2n) is 6.36. The summed E-state index contributed by atoms with van der Waals surface area (Å²) < 4.78 is 9.46. The number of hydrogen-bond acceptors (Lipinski definition) is 10. The first-order valence-corrected chi connectivity index (χ1v) is 9.84. The fraction of sp³-hybridized carbons (Fsp3) is 0.211. The van der Waals surface area contributed by atoms with Crippen molar-refractivity contribution < 1.29 is 19.1 Å². The number of aromatic amines is 1. The lowest BCUT2D eigenvalue weighted by Crippen LogP contribution is -2.17. The normalized spacial score (nSPS) is 10.9. The first kappa shape index (κ1) is 20.3. The number of carbonyl (C=O) groups is 2. The van der Waals surface area contributed by atoms with Crippen molar-refractivity contribution in [1.82, 2.24) is 30.2 Å². The Balaban J connectivity index is 1.71. The summed E-state index contributed by atoms with van der Waals surface area (Å²) in [7, 11) is 2.45. The fourth-order valence-electron chi connectivity index (χ4n) is 2.97. The molecule has 0 aliphatic carbocycles. The number of ether oxygens (including phenoxy) is 2. The Bertz CT molecular complexity index is 1330. The number of esters is 2. The summed E-state index contributed by atoms with van der Waals surface area (Å²) in [6.45, 7) is 0.0583. The van der Waals surface area contributed by atoms with Crippen molar-refractivity contribution in [3.8, 4) is 11.4 Å². The number of aromatic nitrogens is 6. The van der Waals surface area contributed by atoms with Gasteiger partial charge in [-0.05, 0) is 5.21 Å². The van der Waals surface area contributed by atoms with Crippen LogP contribution in [-0.4, -0.2) is 56.3 Å². The number of H-pyrrole nitrogens is 1. The number of hydrogen-bond donors (Lipinski definition) is 1. The van der Waals surface area contributed by atoms with E-state index in [1.807, 2.05) is 30.3 Å². The van der Waals surface area contributed by atoms with Crippen LogP contribution in [0.1, 0.15) is 21.1 Å². The fourth-order valence-corrected chi connectivity index (χ4v) is 4.10. The lowest BCUT2D eigenvalue weighted by Gasteiger charge is -2.02. The monoisotopic (exact) mass is 440 g/mol. The van der Waals surface area contributed by atoms with Crippen LogP contribution < -0.4 is 5.56 Å². The summed E-state index contributed by atoms with van der Waals surface area (Å²) in [5, 5.41) is 12.5. The maximum absolute atomic E-state index is 12.8. The van der Waals surface area contributed by atoms with Gasteiger partial charge in [0.25, 0.3) is 5.56 Å². The van der Waals surface area contributed by atoms with E-state index < -0.39 is 17.5 Å². The number of nitrogens with one attached hydrogen (secondary N) is 1. The van der Waals surface area contributed by atoms with Crippen molar-refractivity contribution in [3.05, 3.63) is 57.0 Å². The van der Waals surface area contributed by atoms with Gasteiger partial charge in [-0.25, -0.2) is 9.78 Å². The first-order valence-electron chi connectivity index (χ1n) is 9.03. The number of methoxy groups -OCH3 is 2. The molecule has 31 heavy (non-hydrogen) atoms. The standard InChI is InChI=1S/C19H16N6O5S/c1-29-13(26)8-11-14-17(27)20-12(21-18(14)31-15(11)19(28)30-2)9-25-23-16(22-24-25)10-6-4-3-5-7-10/h3-7H,8-9H2,1-2H3,(H,20,21,27). The molecule has 0 amide bonds. The molecule has 3 heterocycles. The van der Waals surface area contributed by atoms with Gasteiger partial charge in [0.05, 0.1) is 26.0 Å². The topological polar surface area (TPSA) is 142 Å². The van der Waals surface area contributed by atoms with Gasteiger partial charge in [-0.1, -0.05) is 30.3 Å². The highest BCUT2D eigenvalue weighted by molar-refractivity contribution is 7.20. The number of tetrazole rings is 1. The Morgan fingerprint density at radius 1 is 1.16 bits per heavy atom. The van der Waals surface area contributed by atoms with Gasteiger partial charge < -0.3 is 14.5 Å². The van der Waals surface area contributed by atoms with Crippen molar-refractivity contribution >= 4 is 33.5 Å². The molecular formula is C19H16N6O5S. The van der Waals surface area contributed by atoms with E-state index in [1.54, 1.807) is 0 Å². The molecule has 12 heteroatoms. The zero-order valence-electron chi connectivity index (χ0n) is 16.5. The maximum atomic E-state index is 12.8. The molecular weight excluding hydrogens is 424 g/mol. The second-order valence-corrected chi connectivity index (χ2v) is 7.36. The van der Waals surface area contributed by atoms with E-state index >= 15 is 0 Å². The summed E-state index contributed by atoms with van der Waals surface area (Å²) in [5.41, 5.74) is 0.539. The third kappa shape index (κ3) is 4.05. The Kier molecular flexibility index (Phi) is 5.54. The van der Waals surface area contributed by atoms with Crippen LogP contribution in [0.2, 0.25) is 0 Å². The number of carbonyl (C=O) groups excluding carboxylic acids is 2. The second kappa shape index (κ2) is 8.44. The van der Waals surface area contributed by atoms with Crippen molar-refractivity contribution in [2.75, 3.05) is 14.2 Å². The van der Waals surface area contributed by atoms with Crippen LogP contribution in [0.5, 0.6) is 0 Å². The summed E-state index contributed by atoms with van der Waals surface area (Å²) >= 11 is 0.971. The van der Waals surface area contributed by atoms with Gasteiger partial charge >= 0.3 is 11.9 Å². The van der Waals surface area contributed by atoms with Crippen molar-refractivity contribution in [2.45, 2.75) is 13.0 Å². The number of benzene rings is 1. The van der Waals surface area contributed by atoms with E-state index in [1.165, 1.54) is 19.0 Å². The van der Waals surface area contributed by atoms with Crippen LogP contribution in [-0.2, 0) is 27.2 Å². The Labute approximate surface area is 178 Å². The lowest BCUT2D eigenvalue weighted by atomic mass is 10.1. The third-order valence-electron chi connectivity index (χ3n) is 4.41. The molecule has 0 spiro atoms. The van der Waals surface area contributed by atoms with Crippen LogP contribution in [0.15, 0.2) is 35.1 Å². The molecule has 3 aromatic heterocycles. The highest BCUT2D eigenvalue weighted by Gasteiger charge is 2.25. The molecule has 1 N–H and O–H groups in total.